The van der Waals surface area contributed by atoms with Crippen LogP contribution >= 0.6 is 0 Å². The predicted octanol–water partition coefficient (Wildman–Crippen LogP) is 1.79. The lowest BCUT2D eigenvalue weighted by Crippen LogP contribution is -2.46. The SMILES string of the molecule is NCC(N)c1ccc([N+](=O)[O-])c(N2CCN(c3ccc([N+](=O)[O-])cc3)CC2)c1. The van der Waals surface area contributed by atoms with Gasteiger partial charge < -0.3 is 21.3 Å². The maximum atomic E-state index is 11.4. The van der Waals surface area contributed by atoms with E-state index < -0.39 is 9.85 Å². The van der Waals surface area contributed by atoms with Crippen LogP contribution in [0.25, 0.3) is 0 Å². The second kappa shape index (κ2) is 8.19. The molecule has 3 rings (SSSR count). The van der Waals surface area contributed by atoms with Gasteiger partial charge in [-0.25, -0.2) is 0 Å². The molecular weight excluding hydrogens is 364 g/mol. The molecule has 0 aromatic heterocycles. The fourth-order valence-electron chi connectivity index (χ4n) is 3.31. The quantitative estimate of drug-likeness (QED) is 0.564. The van der Waals surface area contributed by atoms with Crippen molar-refractivity contribution >= 4 is 22.7 Å². The van der Waals surface area contributed by atoms with Crippen molar-refractivity contribution in [1.82, 2.24) is 0 Å². The molecule has 1 saturated heterocycles. The molecule has 1 aliphatic heterocycles. The Hall–Kier alpha value is -3.24. The van der Waals surface area contributed by atoms with Gasteiger partial charge in [-0.15, -0.1) is 0 Å². The lowest BCUT2D eigenvalue weighted by atomic mass is 10.0. The molecule has 148 valence electrons. The monoisotopic (exact) mass is 386 g/mol. The van der Waals surface area contributed by atoms with Gasteiger partial charge in [0.1, 0.15) is 5.69 Å². The van der Waals surface area contributed by atoms with Gasteiger partial charge in [0, 0.05) is 62.7 Å². The van der Waals surface area contributed by atoms with Gasteiger partial charge in [-0.3, -0.25) is 20.2 Å². The van der Waals surface area contributed by atoms with E-state index in [1.54, 1.807) is 24.3 Å². The van der Waals surface area contributed by atoms with Crippen LogP contribution in [-0.4, -0.2) is 42.6 Å². The summed E-state index contributed by atoms with van der Waals surface area (Å²) in [6, 6.07) is 10.9. The topological polar surface area (TPSA) is 145 Å². The van der Waals surface area contributed by atoms with Crippen LogP contribution in [-0.2, 0) is 0 Å². The normalized spacial score (nSPS) is 15.4. The molecule has 10 nitrogen and oxygen atoms in total. The number of non-ortho nitro benzene ring substituents is 1. The Bertz CT molecular complexity index is 865. The van der Waals surface area contributed by atoms with E-state index in [1.807, 2.05) is 4.90 Å². The first kappa shape index (κ1) is 19.5. The first-order chi connectivity index (χ1) is 13.4. The summed E-state index contributed by atoms with van der Waals surface area (Å²) in [4.78, 5) is 25.5. The number of hydrogen-bond donors (Lipinski definition) is 2. The Kier molecular flexibility index (Phi) is 5.71. The lowest BCUT2D eigenvalue weighted by Gasteiger charge is -2.37. The summed E-state index contributed by atoms with van der Waals surface area (Å²) in [6.07, 6.45) is 0. The zero-order chi connectivity index (χ0) is 20.3. The molecule has 0 bridgehead atoms. The fraction of sp³-hybridized carbons (Fsp3) is 0.333. The first-order valence-corrected chi connectivity index (χ1v) is 8.89. The number of piperazine rings is 1. The van der Waals surface area contributed by atoms with E-state index in [0.29, 0.717) is 31.9 Å². The number of hydrogen-bond acceptors (Lipinski definition) is 8. The molecule has 28 heavy (non-hydrogen) atoms. The van der Waals surface area contributed by atoms with Crippen molar-refractivity contribution < 1.29 is 9.85 Å². The third-order valence-electron chi connectivity index (χ3n) is 4.92. The van der Waals surface area contributed by atoms with Crippen LogP contribution in [0, 0.1) is 20.2 Å². The van der Waals surface area contributed by atoms with Crippen LogP contribution in [0.1, 0.15) is 11.6 Å². The van der Waals surface area contributed by atoms with E-state index in [1.165, 1.54) is 18.2 Å². The summed E-state index contributed by atoms with van der Waals surface area (Å²) < 4.78 is 0. The number of nitrogens with zero attached hydrogens (tertiary/aromatic N) is 4. The van der Waals surface area contributed by atoms with Crippen LogP contribution in [0.4, 0.5) is 22.7 Å². The third kappa shape index (κ3) is 4.02. The van der Waals surface area contributed by atoms with Gasteiger partial charge in [-0.1, -0.05) is 6.07 Å². The Morgan fingerprint density at radius 1 is 0.929 bits per heavy atom. The van der Waals surface area contributed by atoms with Gasteiger partial charge >= 0.3 is 0 Å². The van der Waals surface area contributed by atoms with Crippen molar-refractivity contribution in [3.8, 4) is 0 Å². The maximum Gasteiger partial charge on any atom is 0.292 e. The van der Waals surface area contributed by atoms with Crippen molar-refractivity contribution in [2.24, 2.45) is 11.5 Å². The molecule has 0 aliphatic carbocycles. The van der Waals surface area contributed by atoms with Crippen LogP contribution < -0.4 is 21.3 Å². The standard InChI is InChI=1S/C18H22N6O4/c19-12-16(20)13-1-6-17(24(27)28)18(11-13)22-9-7-21(8-10-22)14-2-4-15(5-3-14)23(25)26/h1-6,11,16H,7-10,12,19-20H2. The van der Waals surface area contributed by atoms with Crippen molar-refractivity contribution in [3.05, 3.63) is 68.3 Å². The minimum Gasteiger partial charge on any atom is -0.368 e. The molecule has 1 heterocycles. The van der Waals surface area contributed by atoms with Crippen LogP contribution in [0.5, 0.6) is 0 Å². The molecule has 1 fully saturated rings. The summed E-state index contributed by atoms with van der Waals surface area (Å²) in [7, 11) is 0. The summed E-state index contributed by atoms with van der Waals surface area (Å²) in [6.45, 7) is 2.70. The highest BCUT2D eigenvalue weighted by molar-refractivity contribution is 5.66. The van der Waals surface area contributed by atoms with E-state index >= 15 is 0 Å². The molecule has 2 aromatic rings. The van der Waals surface area contributed by atoms with Gasteiger partial charge in [0.25, 0.3) is 11.4 Å². The third-order valence-corrected chi connectivity index (χ3v) is 4.92. The number of nitro benzene ring substituents is 2. The van der Waals surface area contributed by atoms with Crippen LogP contribution in [0.2, 0.25) is 0 Å². The highest BCUT2D eigenvalue weighted by Gasteiger charge is 2.25. The predicted molar refractivity (Wildman–Crippen MR) is 107 cm³/mol. The first-order valence-electron chi connectivity index (χ1n) is 8.89. The number of benzene rings is 2. The lowest BCUT2D eigenvalue weighted by molar-refractivity contribution is -0.384. The van der Waals surface area contributed by atoms with E-state index in [-0.39, 0.29) is 24.0 Å². The molecule has 0 amide bonds. The Morgan fingerprint density at radius 2 is 1.54 bits per heavy atom. The summed E-state index contributed by atoms with van der Waals surface area (Å²) in [5.74, 6) is 0. The van der Waals surface area contributed by atoms with Crippen molar-refractivity contribution in [2.75, 3.05) is 42.5 Å². The molecule has 0 spiro atoms. The molecule has 0 saturated carbocycles. The Labute approximate surface area is 161 Å². The van der Waals surface area contributed by atoms with Crippen molar-refractivity contribution in [2.45, 2.75) is 6.04 Å². The minimum absolute atomic E-state index is 0.0387. The van der Waals surface area contributed by atoms with E-state index in [9.17, 15) is 20.2 Å². The average Bonchev–Trinajstić information content (AvgIpc) is 2.72. The molecule has 1 unspecified atom stereocenters. The van der Waals surface area contributed by atoms with Crippen molar-refractivity contribution in [1.29, 1.82) is 0 Å². The number of anilines is 2. The summed E-state index contributed by atoms with van der Waals surface area (Å²) >= 11 is 0. The molecule has 2 aromatic carbocycles. The molecule has 1 aliphatic rings. The molecular formula is C18H22N6O4. The van der Waals surface area contributed by atoms with Gasteiger partial charge in [0.05, 0.1) is 9.85 Å². The van der Waals surface area contributed by atoms with E-state index in [2.05, 4.69) is 4.90 Å². The molecule has 4 N–H and O–H groups in total. The Morgan fingerprint density at radius 3 is 2.07 bits per heavy atom. The van der Waals surface area contributed by atoms with E-state index in [4.69, 9.17) is 11.5 Å². The second-order valence-electron chi connectivity index (χ2n) is 6.60. The average molecular weight is 386 g/mol. The van der Waals surface area contributed by atoms with Crippen LogP contribution in [0.3, 0.4) is 0 Å². The highest BCUT2D eigenvalue weighted by Crippen LogP contribution is 2.32. The Balaban J connectivity index is 1.76. The maximum absolute atomic E-state index is 11.4. The van der Waals surface area contributed by atoms with Crippen molar-refractivity contribution in [3.63, 3.8) is 0 Å². The van der Waals surface area contributed by atoms with Gasteiger partial charge in [0.15, 0.2) is 0 Å². The summed E-state index contributed by atoms with van der Waals surface area (Å²) in [5.41, 5.74) is 13.9. The minimum atomic E-state index is -0.431. The van der Waals surface area contributed by atoms with Gasteiger partial charge in [0.2, 0.25) is 0 Å². The highest BCUT2D eigenvalue weighted by atomic mass is 16.6. The second-order valence-corrected chi connectivity index (χ2v) is 6.60. The number of nitro groups is 2. The van der Waals surface area contributed by atoms with Gasteiger partial charge in [-0.2, -0.15) is 0 Å². The smallest absolute Gasteiger partial charge is 0.292 e. The molecule has 1 atom stereocenters. The largest absolute Gasteiger partial charge is 0.368 e. The zero-order valence-corrected chi connectivity index (χ0v) is 15.2. The van der Waals surface area contributed by atoms with Crippen LogP contribution in [0.15, 0.2) is 42.5 Å². The molecule has 10 heteroatoms. The fourth-order valence-corrected chi connectivity index (χ4v) is 3.31. The van der Waals surface area contributed by atoms with E-state index in [0.717, 1.165) is 11.3 Å². The summed E-state index contributed by atoms with van der Waals surface area (Å²) in [5, 5.41) is 22.2. The molecule has 0 radical (unpaired) electrons. The van der Waals surface area contributed by atoms with Gasteiger partial charge in [-0.05, 0) is 23.8 Å². The number of rotatable bonds is 6. The number of nitrogens with two attached hydrogens (primary N) is 2. The zero-order valence-electron chi connectivity index (χ0n) is 15.2.